The van der Waals surface area contributed by atoms with Gasteiger partial charge in [-0.1, -0.05) is 58.4 Å². The second kappa shape index (κ2) is 6.53. The number of benzene rings is 2. The van der Waals surface area contributed by atoms with Crippen LogP contribution in [0.5, 0.6) is 0 Å². The molecule has 1 aliphatic heterocycles. The van der Waals surface area contributed by atoms with Crippen molar-refractivity contribution in [1.82, 2.24) is 4.90 Å². The highest BCUT2D eigenvalue weighted by atomic mass is 79.9. The minimum Gasteiger partial charge on any atom is -0.445 e. The van der Waals surface area contributed by atoms with E-state index in [9.17, 15) is 4.79 Å². The molecule has 114 valence electrons. The predicted octanol–water partition coefficient (Wildman–Crippen LogP) is 4.53. The third-order valence-corrected chi connectivity index (χ3v) is 4.77. The summed E-state index contributed by atoms with van der Waals surface area (Å²) in [4.78, 5) is 14.2. The van der Waals surface area contributed by atoms with Gasteiger partial charge in [0.05, 0.1) is 0 Å². The SMILES string of the molecule is CC1Cc2c(Br)cccc2CN1C(=O)OCc1ccccc1. The summed E-state index contributed by atoms with van der Waals surface area (Å²) in [5.41, 5.74) is 3.48. The third-order valence-electron chi connectivity index (χ3n) is 4.03. The Hall–Kier alpha value is -1.81. The zero-order valence-corrected chi connectivity index (χ0v) is 14.0. The van der Waals surface area contributed by atoms with E-state index in [1.807, 2.05) is 36.4 Å². The van der Waals surface area contributed by atoms with Crippen LogP contribution in [0.3, 0.4) is 0 Å². The Morgan fingerprint density at radius 2 is 2.00 bits per heavy atom. The van der Waals surface area contributed by atoms with E-state index >= 15 is 0 Å². The summed E-state index contributed by atoms with van der Waals surface area (Å²) >= 11 is 3.59. The maximum absolute atomic E-state index is 12.4. The van der Waals surface area contributed by atoms with Gasteiger partial charge in [0.15, 0.2) is 0 Å². The van der Waals surface area contributed by atoms with Crippen LogP contribution < -0.4 is 0 Å². The van der Waals surface area contributed by atoms with Gasteiger partial charge in [-0.15, -0.1) is 0 Å². The first kappa shape index (κ1) is 15.1. The van der Waals surface area contributed by atoms with Crippen molar-refractivity contribution in [2.24, 2.45) is 0 Å². The number of ether oxygens (including phenoxy) is 1. The second-order valence-electron chi connectivity index (χ2n) is 5.60. The Bertz CT molecular complexity index is 672. The fraction of sp³-hybridized carbons (Fsp3) is 0.278. The van der Waals surface area contributed by atoms with Gasteiger partial charge in [-0.2, -0.15) is 0 Å². The molecule has 0 saturated carbocycles. The summed E-state index contributed by atoms with van der Waals surface area (Å²) in [6.45, 7) is 2.98. The molecule has 3 nitrogen and oxygen atoms in total. The van der Waals surface area contributed by atoms with E-state index in [1.165, 1.54) is 11.1 Å². The lowest BCUT2D eigenvalue weighted by Crippen LogP contribution is -2.42. The molecule has 0 aliphatic carbocycles. The topological polar surface area (TPSA) is 29.5 Å². The highest BCUT2D eigenvalue weighted by Gasteiger charge is 2.28. The molecule has 0 aromatic heterocycles. The molecule has 1 unspecified atom stereocenters. The van der Waals surface area contributed by atoms with Crippen LogP contribution in [-0.4, -0.2) is 17.0 Å². The molecule has 4 heteroatoms. The zero-order valence-electron chi connectivity index (χ0n) is 12.5. The molecule has 1 heterocycles. The van der Waals surface area contributed by atoms with Crippen LogP contribution in [0.2, 0.25) is 0 Å². The molecule has 0 N–H and O–H groups in total. The predicted molar refractivity (Wildman–Crippen MR) is 89.5 cm³/mol. The number of fused-ring (bicyclic) bond motifs is 1. The van der Waals surface area contributed by atoms with Crippen molar-refractivity contribution in [1.29, 1.82) is 0 Å². The molecule has 1 amide bonds. The Balaban J connectivity index is 1.68. The Labute approximate surface area is 139 Å². The maximum Gasteiger partial charge on any atom is 0.410 e. The molecule has 0 spiro atoms. The molecular weight excluding hydrogens is 342 g/mol. The van der Waals surface area contributed by atoms with Crippen molar-refractivity contribution in [2.45, 2.75) is 32.5 Å². The number of halogens is 1. The van der Waals surface area contributed by atoms with E-state index in [-0.39, 0.29) is 12.1 Å². The average molecular weight is 360 g/mol. The lowest BCUT2D eigenvalue weighted by molar-refractivity contribution is 0.0765. The van der Waals surface area contributed by atoms with E-state index in [0.717, 1.165) is 16.5 Å². The number of carbonyl (C=O) groups excluding carboxylic acids is 1. The highest BCUT2D eigenvalue weighted by molar-refractivity contribution is 9.10. The molecule has 1 aliphatic rings. The average Bonchev–Trinajstić information content (AvgIpc) is 2.54. The minimum atomic E-state index is -0.248. The summed E-state index contributed by atoms with van der Waals surface area (Å²) in [6, 6.07) is 16.0. The zero-order chi connectivity index (χ0) is 15.5. The van der Waals surface area contributed by atoms with Crippen molar-refractivity contribution in [3.8, 4) is 0 Å². The number of rotatable bonds is 2. The molecule has 0 radical (unpaired) electrons. The molecule has 2 aromatic carbocycles. The summed E-state index contributed by atoms with van der Waals surface area (Å²) in [5.74, 6) is 0. The first-order chi connectivity index (χ1) is 10.6. The van der Waals surface area contributed by atoms with Crippen molar-refractivity contribution < 1.29 is 9.53 Å². The van der Waals surface area contributed by atoms with Crippen molar-refractivity contribution >= 4 is 22.0 Å². The number of hydrogen-bond acceptors (Lipinski definition) is 2. The molecule has 22 heavy (non-hydrogen) atoms. The van der Waals surface area contributed by atoms with E-state index in [2.05, 4.69) is 35.0 Å². The smallest absolute Gasteiger partial charge is 0.410 e. The molecule has 0 bridgehead atoms. The van der Waals surface area contributed by atoms with Crippen LogP contribution in [0.4, 0.5) is 4.79 Å². The largest absolute Gasteiger partial charge is 0.445 e. The van der Waals surface area contributed by atoms with E-state index in [4.69, 9.17) is 4.74 Å². The van der Waals surface area contributed by atoms with E-state index < -0.39 is 0 Å². The van der Waals surface area contributed by atoms with Gasteiger partial charge in [0, 0.05) is 17.1 Å². The van der Waals surface area contributed by atoms with Crippen LogP contribution in [-0.2, 0) is 24.3 Å². The Morgan fingerprint density at radius 1 is 1.23 bits per heavy atom. The lowest BCUT2D eigenvalue weighted by atomic mass is 9.95. The first-order valence-corrected chi connectivity index (χ1v) is 8.18. The van der Waals surface area contributed by atoms with Gasteiger partial charge in [0.1, 0.15) is 6.61 Å². The van der Waals surface area contributed by atoms with Gasteiger partial charge in [-0.3, -0.25) is 0 Å². The van der Waals surface area contributed by atoms with Crippen molar-refractivity contribution in [3.05, 3.63) is 69.7 Å². The monoisotopic (exact) mass is 359 g/mol. The quantitative estimate of drug-likeness (QED) is 0.787. The number of nitrogens with zero attached hydrogens (tertiary/aromatic N) is 1. The molecule has 0 saturated heterocycles. The second-order valence-corrected chi connectivity index (χ2v) is 6.45. The highest BCUT2D eigenvalue weighted by Crippen LogP contribution is 2.29. The standard InChI is InChI=1S/C18H18BrNO2/c1-13-10-16-15(8-5-9-17(16)19)11-20(13)18(21)22-12-14-6-3-2-4-7-14/h2-9,13H,10-12H2,1H3. The minimum absolute atomic E-state index is 0.134. The first-order valence-electron chi connectivity index (χ1n) is 7.38. The van der Waals surface area contributed by atoms with Gasteiger partial charge >= 0.3 is 6.09 Å². The van der Waals surface area contributed by atoms with Crippen molar-refractivity contribution in [2.75, 3.05) is 0 Å². The van der Waals surface area contributed by atoms with Gasteiger partial charge in [-0.05, 0) is 36.1 Å². The van der Waals surface area contributed by atoms with E-state index in [1.54, 1.807) is 4.90 Å². The normalized spacial score (nSPS) is 17.0. The number of hydrogen-bond donors (Lipinski definition) is 0. The maximum atomic E-state index is 12.4. The fourth-order valence-corrected chi connectivity index (χ4v) is 3.34. The molecule has 0 fully saturated rings. The third kappa shape index (κ3) is 3.17. The molecule has 2 aromatic rings. The Morgan fingerprint density at radius 3 is 2.77 bits per heavy atom. The summed E-state index contributed by atoms with van der Waals surface area (Å²) in [6.07, 6.45) is 0.596. The Kier molecular flexibility index (Phi) is 4.48. The lowest BCUT2D eigenvalue weighted by Gasteiger charge is -2.34. The molecule has 1 atom stereocenters. The van der Waals surface area contributed by atoms with Crippen LogP contribution in [0.25, 0.3) is 0 Å². The van der Waals surface area contributed by atoms with Gasteiger partial charge < -0.3 is 9.64 Å². The van der Waals surface area contributed by atoms with Gasteiger partial charge in [-0.25, -0.2) is 4.79 Å². The number of carbonyl (C=O) groups is 1. The number of amides is 1. The van der Waals surface area contributed by atoms with Crippen LogP contribution in [0.1, 0.15) is 23.6 Å². The van der Waals surface area contributed by atoms with E-state index in [0.29, 0.717) is 13.2 Å². The van der Waals surface area contributed by atoms with Crippen LogP contribution >= 0.6 is 15.9 Å². The van der Waals surface area contributed by atoms with Crippen LogP contribution in [0.15, 0.2) is 53.0 Å². The molecular formula is C18H18BrNO2. The summed E-state index contributed by atoms with van der Waals surface area (Å²) in [5, 5.41) is 0. The summed E-state index contributed by atoms with van der Waals surface area (Å²) < 4.78 is 6.58. The van der Waals surface area contributed by atoms with Crippen LogP contribution in [0, 0.1) is 0 Å². The van der Waals surface area contributed by atoms with Gasteiger partial charge in [0.2, 0.25) is 0 Å². The summed E-state index contributed by atoms with van der Waals surface area (Å²) in [7, 11) is 0. The molecule has 3 rings (SSSR count). The van der Waals surface area contributed by atoms with Crippen molar-refractivity contribution in [3.63, 3.8) is 0 Å². The fourth-order valence-electron chi connectivity index (χ4n) is 2.77. The van der Waals surface area contributed by atoms with Gasteiger partial charge in [0.25, 0.3) is 0 Å².